The molecule has 1 aliphatic heterocycles. The Morgan fingerprint density at radius 1 is 1.32 bits per heavy atom. The summed E-state index contributed by atoms with van der Waals surface area (Å²) in [5.74, 6) is 0.155. The first-order valence-corrected chi connectivity index (χ1v) is 6.87. The first-order chi connectivity index (χ1) is 9.15. The van der Waals surface area contributed by atoms with Gasteiger partial charge in [0, 0.05) is 19.0 Å². The van der Waals surface area contributed by atoms with E-state index in [1.165, 1.54) is 12.1 Å². The second-order valence-electron chi connectivity index (χ2n) is 5.58. The highest BCUT2D eigenvalue weighted by Crippen LogP contribution is 2.48. The molecule has 3 nitrogen and oxygen atoms in total. The van der Waals surface area contributed by atoms with Gasteiger partial charge in [0.25, 0.3) is 0 Å². The van der Waals surface area contributed by atoms with Crippen LogP contribution in [0.3, 0.4) is 0 Å². The highest BCUT2D eigenvalue weighted by atomic mass is 19.1. The number of hydrogen-bond donors (Lipinski definition) is 1. The molecule has 3 rings (SSSR count). The lowest BCUT2D eigenvalue weighted by Gasteiger charge is -2.30. The number of carbonyl (C=O) groups excluding carboxylic acids is 1. The number of piperidine rings is 1. The highest BCUT2D eigenvalue weighted by molar-refractivity contribution is 5.83. The average molecular weight is 263 g/mol. The summed E-state index contributed by atoms with van der Waals surface area (Å²) < 4.78 is 12.9. The summed E-state index contributed by atoms with van der Waals surface area (Å²) in [6, 6.07) is 6.41. The van der Waals surface area contributed by atoms with E-state index in [2.05, 4.69) is 0 Å². The van der Waals surface area contributed by atoms with Gasteiger partial charge >= 0.3 is 0 Å². The van der Waals surface area contributed by atoms with Crippen LogP contribution in [0.2, 0.25) is 0 Å². The topological polar surface area (TPSA) is 40.5 Å². The van der Waals surface area contributed by atoms with Crippen LogP contribution in [0.15, 0.2) is 24.3 Å². The lowest BCUT2D eigenvalue weighted by molar-refractivity contribution is -0.135. The highest BCUT2D eigenvalue weighted by Gasteiger charge is 2.46. The maximum Gasteiger partial charge on any atom is 0.226 e. The van der Waals surface area contributed by atoms with Crippen LogP contribution in [0.4, 0.5) is 4.39 Å². The summed E-state index contributed by atoms with van der Waals surface area (Å²) in [6.07, 6.45) is 2.13. The molecular formula is C15H18FNO2. The van der Waals surface area contributed by atoms with Crippen molar-refractivity contribution in [3.05, 3.63) is 35.6 Å². The molecule has 0 spiro atoms. The van der Waals surface area contributed by atoms with Gasteiger partial charge in [0.05, 0.1) is 6.10 Å². The van der Waals surface area contributed by atoms with Crippen LogP contribution in [0.25, 0.3) is 0 Å². The monoisotopic (exact) mass is 263 g/mol. The largest absolute Gasteiger partial charge is 0.391 e. The van der Waals surface area contributed by atoms with E-state index in [1.54, 1.807) is 17.0 Å². The van der Waals surface area contributed by atoms with Crippen LogP contribution in [0.1, 0.15) is 30.7 Å². The molecule has 1 saturated heterocycles. The van der Waals surface area contributed by atoms with Gasteiger partial charge in [0.1, 0.15) is 5.82 Å². The average Bonchev–Trinajstić information content (AvgIpc) is 3.19. The molecule has 1 aromatic rings. The van der Waals surface area contributed by atoms with Gasteiger partial charge in [-0.3, -0.25) is 4.79 Å². The number of β-amino-alcohol motifs (C(OH)–C–C–N with tert-alkyl or cyclic N) is 1. The number of rotatable bonds is 2. The number of aliphatic hydroxyl groups is 1. The maximum absolute atomic E-state index is 12.9. The third-order valence-electron chi connectivity index (χ3n) is 4.11. The SMILES string of the molecule is O=C(C1CC1c1ccc(F)cc1)N1CCCC(O)C1. The molecule has 4 heteroatoms. The van der Waals surface area contributed by atoms with Gasteiger partial charge in [-0.25, -0.2) is 4.39 Å². The summed E-state index contributed by atoms with van der Waals surface area (Å²) in [4.78, 5) is 14.1. The van der Waals surface area contributed by atoms with Gasteiger partial charge in [-0.15, -0.1) is 0 Å². The molecular weight excluding hydrogens is 245 g/mol. The normalized spacial score (nSPS) is 30.2. The van der Waals surface area contributed by atoms with Crippen LogP contribution in [-0.4, -0.2) is 35.1 Å². The van der Waals surface area contributed by atoms with Crippen molar-refractivity contribution in [3.63, 3.8) is 0 Å². The Hall–Kier alpha value is -1.42. The minimum absolute atomic E-state index is 0.0239. The number of aliphatic hydroxyl groups excluding tert-OH is 1. The Morgan fingerprint density at radius 2 is 2.05 bits per heavy atom. The fraction of sp³-hybridized carbons (Fsp3) is 0.533. The van der Waals surface area contributed by atoms with Gasteiger partial charge in [-0.05, 0) is 42.9 Å². The van der Waals surface area contributed by atoms with Crippen molar-refractivity contribution in [1.82, 2.24) is 4.90 Å². The predicted molar refractivity (Wildman–Crippen MR) is 69.1 cm³/mol. The van der Waals surface area contributed by atoms with Crippen molar-refractivity contribution < 1.29 is 14.3 Å². The van der Waals surface area contributed by atoms with Gasteiger partial charge in [-0.2, -0.15) is 0 Å². The molecule has 1 saturated carbocycles. The van der Waals surface area contributed by atoms with E-state index in [-0.39, 0.29) is 29.7 Å². The minimum atomic E-state index is -0.374. The van der Waals surface area contributed by atoms with Crippen molar-refractivity contribution in [2.75, 3.05) is 13.1 Å². The Kier molecular flexibility index (Phi) is 3.27. The molecule has 0 aromatic heterocycles. The van der Waals surface area contributed by atoms with E-state index >= 15 is 0 Å². The number of halogens is 1. The molecule has 1 N–H and O–H groups in total. The number of benzene rings is 1. The molecule has 19 heavy (non-hydrogen) atoms. The van der Waals surface area contributed by atoms with Crippen LogP contribution in [0.5, 0.6) is 0 Å². The molecule has 2 fully saturated rings. The molecule has 2 aliphatic rings. The van der Waals surface area contributed by atoms with Crippen LogP contribution in [0, 0.1) is 11.7 Å². The predicted octanol–water partition coefficient (Wildman–Crippen LogP) is 1.91. The van der Waals surface area contributed by atoms with Gasteiger partial charge in [0.2, 0.25) is 5.91 Å². The summed E-state index contributed by atoms with van der Waals surface area (Å²) >= 11 is 0. The minimum Gasteiger partial charge on any atom is -0.391 e. The lowest BCUT2D eigenvalue weighted by atomic mass is 10.1. The van der Waals surface area contributed by atoms with Crippen molar-refractivity contribution >= 4 is 5.91 Å². The Bertz CT molecular complexity index is 474. The van der Waals surface area contributed by atoms with E-state index in [9.17, 15) is 14.3 Å². The number of amides is 1. The van der Waals surface area contributed by atoms with Crippen LogP contribution in [-0.2, 0) is 4.79 Å². The number of nitrogens with zero attached hydrogens (tertiary/aromatic N) is 1. The Labute approximate surface area is 112 Å². The third kappa shape index (κ3) is 2.63. The first-order valence-electron chi connectivity index (χ1n) is 6.87. The fourth-order valence-corrected chi connectivity index (χ4v) is 2.94. The van der Waals surface area contributed by atoms with Gasteiger partial charge < -0.3 is 10.0 Å². The lowest BCUT2D eigenvalue weighted by Crippen LogP contribution is -2.43. The Morgan fingerprint density at radius 3 is 2.74 bits per heavy atom. The summed E-state index contributed by atoms with van der Waals surface area (Å²) in [5, 5.41) is 9.61. The van der Waals surface area contributed by atoms with Crippen molar-refractivity contribution in [3.8, 4) is 0 Å². The Balaban J connectivity index is 1.62. The zero-order chi connectivity index (χ0) is 13.4. The fourth-order valence-electron chi connectivity index (χ4n) is 2.94. The van der Waals surface area contributed by atoms with Gasteiger partial charge in [0.15, 0.2) is 0 Å². The third-order valence-corrected chi connectivity index (χ3v) is 4.11. The molecule has 1 heterocycles. The standard InChI is InChI=1S/C15H18FNO2/c16-11-5-3-10(4-6-11)13-8-14(13)15(19)17-7-1-2-12(18)9-17/h3-6,12-14,18H,1-2,7-9H2. The summed E-state index contributed by atoms with van der Waals surface area (Å²) in [7, 11) is 0. The smallest absolute Gasteiger partial charge is 0.226 e. The molecule has 0 bridgehead atoms. The maximum atomic E-state index is 12.9. The molecule has 1 aromatic carbocycles. The van der Waals surface area contributed by atoms with Crippen LogP contribution >= 0.6 is 0 Å². The zero-order valence-electron chi connectivity index (χ0n) is 10.8. The number of carbonyl (C=O) groups is 1. The van der Waals surface area contributed by atoms with Crippen molar-refractivity contribution in [2.24, 2.45) is 5.92 Å². The first kappa shape index (κ1) is 12.6. The second kappa shape index (κ2) is 4.93. The molecule has 3 atom stereocenters. The van der Waals surface area contributed by atoms with Crippen molar-refractivity contribution in [2.45, 2.75) is 31.3 Å². The van der Waals surface area contributed by atoms with Crippen molar-refractivity contribution in [1.29, 1.82) is 0 Å². The van der Waals surface area contributed by atoms with E-state index < -0.39 is 0 Å². The summed E-state index contributed by atoms with van der Waals surface area (Å²) in [5.41, 5.74) is 1.04. The van der Waals surface area contributed by atoms with Crippen LogP contribution < -0.4 is 0 Å². The molecule has 0 radical (unpaired) electrons. The van der Waals surface area contributed by atoms with E-state index in [0.29, 0.717) is 6.54 Å². The molecule has 102 valence electrons. The zero-order valence-corrected chi connectivity index (χ0v) is 10.8. The van der Waals surface area contributed by atoms with Gasteiger partial charge in [-0.1, -0.05) is 12.1 Å². The van der Waals surface area contributed by atoms with E-state index in [4.69, 9.17) is 0 Å². The summed E-state index contributed by atoms with van der Waals surface area (Å²) in [6.45, 7) is 1.22. The molecule has 1 aliphatic carbocycles. The quantitative estimate of drug-likeness (QED) is 0.885. The van der Waals surface area contributed by atoms with E-state index in [1.807, 2.05) is 0 Å². The van der Waals surface area contributed by atoms with E-state index in [0.717, 1.165) is 31.4 Å². The molecule has 1 amide bonds. The second-order valence-corrected chi connectivity index (χ2v) is 5.58. The number of likely N-dealkylation sites (tertiary alicyclic amines) is 1. The molecule has 3 unspecified atom stereocenters. The number of hydrogen-bond acceptors (Lipinski definition) is 2.